The fourth-order valence-electron chi connectivity index (χ4n) is 2.52. The molecule has 0 spiro atoms. The van der Waals surface area contributed by atoms with E-state index in [4.69, 9.17) is 14.2 Å². The number of amides is 2. The molecule has 7 heteroatoms. The quantitative estimate of drug-likeness (QED) is 0.802. The topological polar surface area (TPSA) is 78.0 Å². The third kappa shape index (κ3) is 2.17. The Balaban J connectivity index is 2.13. The van der Waals surface area contributed by atoms with E-state index in [1.807, 2.05) is 0 Å². The van der Waals surface area contributed by atoms with Gasteiger partial charge in [-0.1, -0.05) is 0 Å². The van der Waals surface area contributed by atoms with Crippen LogP contribution in [0, 0.1) is 0 Å². The first-order valence-corrected chi connectivity index (χ1v) is 6.75. The molecule has 0 radical (unpaired) electrons. The van der Waals surface area contributed by atoms with Crippen LogP contribution in [0.2, 0.25) is 0 Å². The molecular formula is C16H14N2O5. The third-order valence-corrected chi connectivity index (χ3v) is 3.60. The van der Waals surface area contributed by atoms with Gasteiger partial charge in [-0.05, 0) is 6.07 Å². The Morgan fingerprint density at radius 1 is 0.913 bits per heavy atom. The van der Waals surface area contributed by atoms with Gasteiger partial charge in [0.1, 0.15) is 0 Å². The summed E-state index contributed by atoms with van der Waals surface area (Å²) in [6, 6.07) is 4.63. The molecule has 0 bridgehead atoms. The predicted octanol–water partition coefficient (Wildman–Crippen LogP) is 1.91. The van der Waals surface area contributed by atoms with Gasteiger partial charge in [0.2, 0.25) is 5.75 Å². The Morgan fingerprint density at radius 3 is 2.04 bits per heavy atom. The molecule has 0 aliphatic carbocycles. The van der Waals surface area contributed by atoms with Crippen LogP contribution in [0.5, 0.6) is 17.2 Å². The standard InChI is InChI=1S/C16H14N2O5/c1-21-12-6-9(7-13(22-2)14(12)23-3)18-15(19)10-4-5-17-8-11(10)16(18)20/h4-8H,1-3H3. The number of nitrogens with zero attached hydrogens (tertiary/aromatic N) is 2. The SMILES string of the molecule is COc1cc(N2C(=O)c3ccncc3C2=O)cc(OC)c1OC. The summed E-state index contributed by atoms with van der Waals surface area (Å²) in [4.78, 5) is 30.0. The molecule has 0 fully saturated rings. The van der Waals surface area contributed by atoms with Crippen LogP contribution in [0.25, 0.3) is 0 Å². The molecule has 2 amide bonds. The van der Waals surface area contributed by atoms with Crippen molar-refractivity contribution in [1.29, 1.82) is 0 Å². The van der Waals surface area contributed by atoms with E-state index in [0.29, 0.717) is 28.5 Å². The van der Waals surface area contributed by atoms with Gasteiger partial charge in [-0.2, -0.15) is 0 Å². The summed E-state index contributed by atoms with van der Waals surface area (Å²) >= 11 is 0. The van der Waals surface area contributed by atoms with Crippen molar-refractivity contribution in [2.24, 2.45) is 0 Å². The number of ether oxygens (including phenoxy) is 3. The van der Waals surface area contributed by atoms with Gasteiger partial charge in [0.15, 0.2) is 11.5 Å². The van der Waals surface area contributed by atoms with Crippen LogP contribution in [0.1, 0.15) is 20.7 Å². The number of hydrogen-bond donors (Lipinski definition) is 0. The lowest BCUT2D eigenvalue weighted by Gasteiger charge is -2.18. The molecule has 1 aromatic carbocycles. The molecule has 7 nitrogen and oxygen atoms in total. The Labute approximate surface area is 132 Å². The van der Waals surface area contributed by atoms with E-state index in [1.165, 1.54) is 39.8 Å². The molecule has 0 atom stereocenters. The van der Waals surface area contributed by atoms with Gasteiger partial charge in [0.05, 0.1) is 38.1 Å². The van der Waals surface area contributed by atoms with Crippen LogP contribution in [-0.4, -0.2) is 38.1 Å². The molecule has 1 aliphatic heterocycles. The van der Waals surface area contributed by atoms with Crippen molar-refractivity contribution in [3.8, 4) is 17.2 Å². The van der Waals surface area contributed by atoms with Gasteiger partial charge in [0.25, 0.3) is 11.8 Å². The number of benzene rings is 1. The molecule has 0 saturated carbocycles. The largest absolute Gasteiger partial charge is 0.493 e. The van der Waals surface area contributed by atoms with Crippen LogP contribution in [-0.2, 0) is 0 Å². The number of rotatable bonds is 4. The second kappa shape index (κ2) is 5.60. The normalized spacial score (nSPS) is 13.1. The van der Waals surface area contributed by atoms with Crippen LogP contribution in [0.15, 0.2) is 30.6 Å². The maximum atomic E-state index is 12.5. The second-order valence-electron chi connectivity index (χ2n) is 4.75. The Bertz CT molecular complexity index is 743. The van der Waals surface area contributed by atoms with Gasteiger partial charge in [0, 0.05) is 24.5 Å². The van der Waals surface area contributed by atoms with Crippen molar-refractivity contribution in [2.75, 3.05) is 26.2 Å². The van der Waals surface area contributed by atoms with Crippen molar-refractivity contribution in [1.82, 2.24) is 4.98 Å². The number of anilines is 1. The second-order valence-corrected chi connectivity index (χ2v) is 4.75. The van der Waals surface area contributed by atoms with E-state index >= 15 is 0 Å². The maximum absolute atomic E-state index is 12.5. The molecular weight excluding hydrogens is 300 g/mol. The summed E-state index contributed by atoms with van der Waals surface area (Å²) < 4.78 is 15.8. The van der Waals surface area contributed by atoms with Crippen LogP contribution < -0.4 is 19.1 Å². The van der Waals surface area contributed by atoms with Gasteiger partial charge in [-0.15, -0.1) is 0 Å². The summed E-state index contributed by atoms with van der Waals surface area (Å²) in [6.45, 7) is 0. The monoisotopic (exact) mass is 314 g/mol. The van der Waals surface area contributed by atoms with Crippen LogP contribution in [0.4, 0.5) is 5.69 Å². The van der Waals surface area contributed by atoms with Crippen LogP contribution >= 0.6 is 0 Å². The highest BCUT2D eigenvalue weighted by Gasteiger charge is 2.37. The van der Waals surface area contributed by atoms with E-state index < -0.39 is 11.8 Å². The molecule has 3 rings (SSSR count). The fourth-order valence-corrected chi connectivity index (χ4v) is 2.52. The van der Waals surface area contributed by atoms with Crippen LogP contribution in [0.3, 0.4) is 0 Å². The van der Waals surface area contributed by atoms with Crippen molar-refractivity contribution in [3.63, 3.8) is 0 Å². The molecule has 23 heavy (non-hydrogen) atoms. The molecule has 0 unspecified atom stereocenters. The number of carbonyl (C=O) groups excluding carboxylic acids is 2. The summed E-state index contributed by atoms with van der Waals surface area (Å²) in [5.41, 5.74) is 0.927. The lowest BCUT2D eigenvalue weighted by molar-refractivity contribution is 0.0926. The first-order valence-electron chi connectivity index (χ1n) is 6.75. The summed E-state index contributed by atoms with van der Waals surface area (Å²) in [6.07, 6.45) is 2.86. The molecule has 1 aliphatic rings. The average Bonchev–Trinajstić information content (AvgIpc) is 2.85. The van der Waals surface area contributed by atoms with E-state index in [-0.39, 0.29) is 5.56 Å². The molecule has 2 aromatic rings. The first-order chi connectivity index (χ1) is 11.1. The Kier molecular flexibility index (Phi) is 3.61. The van der Waals surface area contributed by atoms with Crippen molar-refractivity contribution < 1.29 is 23.8 Å². The third-order valence-electron chi connectivity index (χ3n) is 3.60. The zero-order valence-electron chi connectivity index (χ0n) is 12.8. The summed E-state index contributed by atoms with van der Waals surface area (Å²) in [7, 11) is 4.41. The van der Waals surface area contributed by atoms with Gasteiger partial charge >= 0.3 is 0 Å². The summed E-state index contributed by atoms with van der Waals surface area (Å²) in [5.74, 6) is 0.249. The number of pyridine rings is 1. The minimum Gasteiger partial charge on any atom is -0.493 e. The average molecular weight is 314 g/mol. The molecule has 118 valence electrons. The lowest BCUT2D eigenvalue weighted by atomic mass is 10.2. The first kappa shape index (κ1) is 14.8. The van der Waals surface area contributed by atoms with Crippen molar-refractivity contribution in [3.05, 3.63) is 41.7 Å². The number of methoxy groups -OCH3 is 3. The molecule has 1 aromatic heterocycles. The van der Waals surface area contributed by atoms with Gasteiger partial charge < -0.3 is 14.2 Å². The number of imide groups is 1. The zero-order valence-corrected chi connectivity index (χ0v) is 12.8. The van der Waals surface area contributed by atoms with Gasteiger partial charge in [-0.25, -0.2) is 4.90 Å². The number of fused-ring (bicyclic) bond motifs is 1. The van der Waals surface area contributed by atoms with E-state index in [9.17, 15) is 9.59 Å². The maximum Gasteiger partial charge on any atom is 0.267 e. The van der Waals surface area contributed by atoms with E-state index in [1.54, 1.807) is 12.1 Å². The molecule has 0 N–H and O–H groups in total. The number of hydrogen-bond acceptors (Lipinski definition) is 6. The highest BCUT2D eigenvalue weighted by Crippen LogP contribution is 2.42. The molecule has 0 saturated heterocycles. The number of carbonyl (C=O) groups is 2. The van der Waals surface area contributed by atoms with Gasteiger partial charge in [-0.3, -0.25) is 14.6 Å². The van der Waals surface area contributed by atoms with E-state index in [0.717, 1.165) is 4.90 Å². The van der Waals surface area contributed by atoms with Crippen molar-refractivity contribution >= 4 is 17.5 Å². The molecule has 2 heterocycles. The predicted molar refractivity (Wildman–Crippen MR) is 81.5 cm³/mol. The highest BCUT2D eigenvalue weighted by molar-refractivity contribution is 6.34. The Hall–Kier alpha value is -3.09. The lowest BCUT2D eigenvalue weighted by Crippen LogP contribution is -2.29. The minimum atomic E-state index is -0.438. The fraction of sp³-hybridized carbons (Fsp3) is 0.188. The number of aromatic nitrogens is 1. The highest BCUT2D eigenvalue weighted by atomic mass is 16.5. The van der Waals surface area contributed by atoms with E-state index in [2.05, 4.69) is 4.98 Å². The van der Waals surface area contributed by atoms with Crippen molar-refractivity contribution in [2.45, 2.75) is 0 Å². The zero-order chi connectivity index (χ0) is 16.6. The smallest absolute Gasteiger partial charge is 0.267 e. The Morgan fingerprint density at radius 2 is 1.52 bits per heavy atom. The summed E-state index contributed by atoms with van der Waals surface area (Å²) in [5, 5.41) is 0. The minimum absolute atomic E-state index is 0.270.